The summed E-state index contributed by atoms with van der Waals surface area (Å²) < 4.78 is 7.53. The van der Waals surface area contributed by atoms with Crippen molar-refractivity contribution in [3.05, 3.63) is 59.4 Å². The van der Waals surface area contributed by atoms with Crippen molar-refractivity contribution < 1.29 is 9.21 Å². The molecular weight excluding hydrogens is 342 g/mol. The van der Waals surface area contributed by atoms with Crippen LogP contribution in [0.4, 0.5) is 0 Å². The van der Waals surface area contributed by atoms with Gasteiger partial charge in [0.05, 0.1) is 6.04 Å². The zero-order valence-corrected chi connectivity index (χ0v) is 15.6. The number of nitrogens with zero attached hydrogens (tertiary/aromatic N) is 4. The number of furan rings is 1. The Bertz CT molecular complexity index is 1100. The van der Waals surface area contributed by atoms with E-state index >= 15 is 0 Å². The van der Waals surface area contributed by atoms with E-state index in [2.05, 4.69) is 20.4 Å². The van der Waals surface area contributed by atoms with Gasteiger partial charge in [-0.3, -0.25) is 4.79 Å². The number of hydrogen-bond donors (Lipinski definition) is 1. The second-order valence-corrected chi connectivity index (χ2v) is 6.71. The first-order chi connectivity index (χ1) is 13.0. The summed E-state index contributed by atoms with van der Waals surface area (Å²) in [5.41, 5.74) is 3.70. The highest BCUT2D eigenvalue weighted by Crippen LogP contribution is 2.23. The lowest BCUT2D eigenvalue weighted by atomic mass is 10.1. The Morgan fingerprint density at radius 2 is 2.11 bits per heavy atom. The van der Waals surface area contributed by atoms with E-state index < -0.39 is 0 Å². The highest BCUT2D eigenvalue weighted by atomic mass is 16.3. The number of benzene rings is 1. The molecule has 1 atom stereocenters. The van der Waals surface area contributed by atoms with Gasteiger partial charge in [-0.15, -0.1) is 0 Å². The number of nitrogens with one attached hydrogen (secondary N) is 1. The van der Waals surface area contributed by atoms with Crippen LogP contribution in [0.1, 0.15) is 42.1 Å². The summed E-state index contributed by atoms with van der Waals surface area (Å²) >= 11 is 0. The van der Waals surface area contributed by atoms with Gasteiger partial charge in [0, 0.05) is 23.2 Å². The molecule has 27 heavy (non-hydrogen) atoms. The van der Waals surface area contributed by atoms with Gasteiger partial charge < -0.3 is 9.73 Å². The van der Waals surface area contributed by atoms with Crippen LogP contribution in [-0.2, 0) is 11.2 Å². The highest BCUT2D eigenvalue weighted by Gasteiger charge is 2.16. The van der Waals surface area contributed by atoms with Crippen LogP contribution in [0.25, 0.3) is 16.7 Å². The van der Waals surface area contributed by atoms with Gasteiger partial charge in [0.1, 0.15) is 17.7 Å². The summed E-state index contributed by atoms with van der Waals surface area (Å²) in [5.74, 6) is 1.31. The number of aromatic nitrogens is 4. The maximum atomic E-state index is 12.4. The summed E-state index contributed by atoms with van der Waals surface area (Å²) in [4.78, 5) is 21.0. The van der Waals surface area contributed by atoms with Crippen LogP contribution in [0.15, 0.2) is 41.1 Å². The standard InChI is InChI=1S/C20H21N5O2/c1-12-16(14(3)25-20(24-12)21-11-22-25)8-9-19(26)23-13(2)18-10-15-6-4-5-7-17(15)27-18/h4-7,10-11,13H,8-9H2,1-3H3,(H,23,26)/t13-/m0/s1. The molecule has 0 radical (unpaired) electrons. The minimum Gasteiger partial charge on any atom is -0.459 e. The molecule has 4 rings (SSSR count). The summed E-state index contributed by atoms with van der Waals surface area (Å²) in [6.07, 6.45) is 2.45. The number of carbonyl (C=O) groups is 1. The molecule has 0 saturated heterocycles. The molecule has 0 saturated carbocycles. The minimum atomic E-state index is -0.192. The molecule has 3 heterocycles. The number of hydrogen-bond acceptors (Lipinski definition) is 5. The number of aryl methyl sites for hydroxylation is 2. The van der Waals surface area contributed by atoms with Gasteiger partial charge in [0.25, 0.3) is 5.78 Å². The molecule has 0 aliphatic heterocycles. The lowest BCUT2D eigenvalue weighted by Crippen LogP contribution is -2.26. The van der Waals surface area contributed by atoms with Gasteiger partial charge in [0.2, 0.25) is 5.91 Å². The molecule has 0 fully saturated rings. The fraction of sp³-hybridized carbons (Fsp3) is 0.300. The molecule has 3 aromatic heterocycles. The highest BCUT2D eigenvalue weighted by molar-refractivity contribution is 5.79. The average molecular weight is 363 g/mol. The van der Waals surface area contributed by atoms with Crippen LogP contribution in [-0.4, -0.2) is 25.5 Å². The van der Waals surface area contributed by atoms with Crippen LogP contribution < -0.4 is 5.32 Å². The fourth-order valence-electron chi connectivity index (χ4n) is 3.36. The van der Waals surface area contributed by atoms with E-state index in [0.29, 0.717) is 18.6 Å². The number of para-hydroxylation sites is 1. The Labute approximate surface area is 156 Å². The van der Waals surface area contributed by atoms with E-state index in [-0.39, 0.29) is 11.9 Å². The van der Waals surface area contributed by atoms with Crippen molar-refractivity contribution >= 4 is 22.7 Å². The van der Waals surface area contributed by atoms with E-state index in [1.54, 1.807) is 4.52 Å². The van der Waals surface area contributed by atoms with Crippen molar-refractivity contribution in [3.8, 4) is 0 Å². The van der Waals surface area contributed by atoms with Crippen LogP contribution in [0.3, 0.4) is 0 Å². The molecular formula is C20H21N5O2. The molecule has 138 valence electrons. The third-order valence-electron chi connectivity index (χ3n) is 4.84. The molecule has 1 amide bonds. The van der Waals surface area contributed by atoms with Gasteiger partial charge >= 0.3 is 0 Å². The molecule has 1 N–H and O–H groups in total. The Morgan fingerprint density at radius 3 is 2.93 bits per heavy atom. The van der Waals surface area contributed by atoms with E-state index in [1.807, 2.05) is 51.1 Å². The molecule has 7 nitrogen and oxygen atoms in total. The molecule has 7 heteroatoms. The Kier molecular flexibility index (Phi) is 4.35. The van der Waals surface area contributed by atoms with Crippen LogP contribution in [0, 0.1) is 13.8 Å². The first-order valence-corrected chi connectivity index (χ1v) is 8.96. The smallest absolute Gasteiger partial charge is 0.252 e. The van der Waals surface area contributed by atoms with Crippen molar-refractivity contribution in [1.29, 1.82) is 0 Å². The summed E-state index contributed by atoms with van der Waals surface area (Å²) in [6.45, 7) is 5.84. The maximum absolute atomic E-state index is 12.4. The third kappa shape index (κ3) is 3.28. The normalized spacial score (nSPS) is 12.6. The van der Waals surface area contributed by atoms with Crippen LogP contribution in [0.5, 0.6) is 0 Å². The Morgan fingerprint density at radius 1 is 1.30 bits per heavy atom. The zero-order chi connectivity index (χ0) is 19.0. The molecule has 0 spiro atoms. The van der Waals surface area contributed by atoms with Gasteiger partial charge in [-0.1, -0.05) is 18.2 Å². The monoisotopic (exact) mass is 363 g/mol. The minimum absolute atomic E-state index is 0.0274. The third-order valence-corrected chi connectivity index (χ3v) is 4.84. The molecule has 1 aromatic carbocycles. The molecule has 0 aliphatic rings. The quantitative estimate of drug-likeness (QED) is 0.588. The average Bonchev–Trinajstić information content (AvgIpc) is 3.27. The molecule has 0 bridgehead atoms. The van der Waals surface area contributed by atoms with Crippen molar-refractivity contribution in [2.24, 2.45) is 0 Å². The number of carbonyl (C=O) groups excluding carboxylic acids is 1. The number of amides is 1. The topological polar surface area (TPSA) is 85.3 Å². The van der Waals surface area contributed by atoms with E-state index in [1.165, 1.54) is 6.33 Å². The predicted octanol–water partition coefficient (Wildman–Crippen LogP) is 3.30. The van der Waals surface area contributed by atoms with E-state index in [4.69, 9.17) is 4.42 Å². The maximum Gasteiger partial charge on any atom is 0.252 e. The summed E-state index contributed by atoms with van der Waals surface area (Å²) in [7, 11) is 0. The Hall–Kier alpha value is -3.22. The Balaban J connectivity index is 1.43. The van der Waals surface area contributed by atoms with Gasteiger partial charge in [-0.2, -0.15) is 10.1 Å². The van der Waals surface area contributed by atoms with E-state index in [9.17, 15) is 4.79 Å². The summed E-state index contributed by atoms with van der Waals surface area (Å²) in [6, 6.07) is 9.60. The molecule has 4 aromatic rings. The van der Waals surface area contributed by atoms with Crippen molar-refractivity contribution in [2.45, 2.75) is 39.7 Å². The first-order valence-electron chi connectivity index (χ1n) is 8.96. The second-order valence-electron chi connectivity index (χ2n) is 6.71. The van der Waals surface area contributed by atoms with Crippen molar-refractivity contribution in [1.82, 2.24) is 24.9 Å². The first kappa shape index (κ1) is 17.2. The van der Waals surface area contributed by atoms with Crippen LogP contribution in [0.2, 0.25) is 0 Å². The molecule has 0 unspecified atom stereocenters. The SMILES string of the molecule is Cc1nc2ncnn2c(C)c1CCC(=O)N[C@@H](C)c1cc2ccccc2o1. The lowest BCUT2D eigenvalue weighted by molar-refractivity contribution is -0.121. The fourth-order valence-corrected chi connectivity index (χ4v) is 3.36. The van der Waals surface area contributed by atoms with E-state index in [0.717, 1.165) is 33.7 Å². The largest absolute Gasteiger partial charge is 0.459 e. The number of rotatable bonds is 5. The summed E-state index contributed by atoms with van der Waals surface area (Å²) in [5, 5.41) is 8.23. The molecule has 0 aliphatic carbocycles. The van der Waals surface area contributed by atoms with Gasteiger partial charge in [-0.05, 0) is 44.9 Å². The van der Waals surface area contributed by atoms with Crippen molar-refractivity contribution in [2.75, 3.05) is 0 Å². The predicted molar refractivity (Wildman–Crippen MR) is 101 cm³/mol. The van der Waals surface area contributed by atoms with Gasteiger partial charge in [-0.25, -0.2) is 9.50 Å². The lowest BCUT2D eigenvalue weighted by Gasteiger charge is -2.13. The second kappa shape index (κ2) is 6.83. The zero-order valence-electron chi connectivity index (χ0n) is 15.6. The van der Waals surface area contributed by atoms with Gasteiger partial charge in [0.15, 0.2) is 0 Å². The van der Waals surface area contributed by atoms with Crippen molar-refractivity contribution in [3.63, 3.8) is 0 Å². The number of fused-ring (bicyclic) bond motifs is 2. The van der Waals surface area contributed by atoms with Crippen LogP contribution >= 0.6 is 0 Å².